The summed E-state index contributed by atoms with van der Waals surface area (Å²) in [5.74, 6) is -0.693. The van der Waals surface area contributed by atoms with E-state index in [-0.39, 0.29) is 25.2 Å². The van der Waals surface area contributed by atoms with Gasteiger partial charge in [-0.2, -0.15) is 0 Å². The third kappa shape index (κ3) is 4.16. The van der Waals surface area contributed by atoms with Crippen molar-refractivity contribution in [2.24, 2.45) is 5.92 Å². The molecule has 1 aliphatic rings. The van der Waals surface area contributed by atoms with E-state index in [4.69, 9.17) is 9.84 Å². The van der Waals surface area contributed by atoms with E-state index in [0.717, 1.165) is 13.0 Å². The second-order valence-electron chi connectivity index (χ2n) is 3.94. The molecular formula is C10H18N2O4. The average molecular weight is 230 g/mol. The smallest absolute Gasteiger partial charge is 0.329 e. The molecule has 1 saturated heterocycles. The van der Waals surface area contributed by atoms with Crippen molar-refractivity contribution in [1.82, 2.24) is 10.6 Å². The normalized spacial score (nSPS) is 24.3. The number of amides is 1. The molecule has 0 aromatic rings. The lowest BCUT2D eigenvalue weighted by molar-refractivity contribution is -0.142. The highest BCUT2D eigenvalue weighted by atomic mass is 16.5. The third-order valence-electron chi connectivity index (χ3n) is 2.59. The Morgan fingerprint density at radius 3 is 2.88 bits per heavy atom. The number of carbonyl (C=O) groups excluding carboxylic acids is 1. The van der Waals surface area contributed by atoms with Crippen molar-refractivity contribution < 1.29 is 19.4 Å². The Morgan fingerprint density at radius 2 is 2.31 bits per heavy atom. The van der Waals surface area contributed by atoms with Crippen molar-refractivity contribution in [3.8, 4) is 0 Å². The van der Waals surface area contributed by atoms with Crippen molar-refractivity contribution in [3.05, 3.63) is 0 Å². The van der Waals surface area contributed by atoms with E-state index in [2.05, 4.69) is 10.6 Å². The van der Waals surface area contributed by atoms with Gasteiger partial charge in [0.15, 0.2) is 0 Å². The minimum Gasteiger partial charge on any atom is -0.480 e. The van der Waals surface area contributed by atoms with Gasteiger partial charge >= 0.3 is 5.97 Å². The Bertz CT molecular complexity index is 257. The zero-order valence-corrected chi connectivity index (χ0v) is 9.36. The monoisotopic (exact) mass is 230 g/mol. The fourth-order valence-electron chi connectivity index (χ4n) is 1.70. The van der Waals surface area contributed by atoms with Gasteiger partial charge in [0, 0.05) is 6.54 Å². The lowest BCUT2D eigenvalue weighted by atomic mass is 10.0. The predicted molar refractivity (Wildman–Crippen MR) is 57.0 cm³/mol. The first-order valence-electron chi connectivity index (χ1n) is 5.42. The van der Waals surface area contributed by atoms with Crippen LogP contribution in [0.4, 0.5) is 0 Å². The summed E-state index contributed by atoms with van der Waals surface area (Å²) < 4.78 is 4.80. The van der Waals surface area contributed by atoms with Crippen molar-refractivity contribution in [2.75, 3.05) is 26.3 Å². The van der Waals surface area contributed by atoms with Crippen LogP contribution in [0.15, 0.2) is 0 Å². The molecule has 6 heteroatoms. The van der Waals surface area contributed by atoms with Crippen molar-refractivity contribution >= 4 is 11.9 Å². The Hall–Kier alpha value is -1.14. The zero-order chi connectivity index (χ0) is 12.0. The Labute approximate surface area is 94.3 Å². The number of aliphatic carboxylic acids is 1. The maximum Gasteiger partial charge on any atom is 0.329 e. The summed E-state index contributed by atoms with van der Waals surface area (Å²) in [6.45, 7) is 3.14. The van der Waals surface area contributed by atoms with Crippen molar-refractivity contribution in [3.63, 3.8) is 0 Å². The molecule has 0 bridgehead atoms. The van der Waals surface area contributed by atoms with E-state index in [1.165, 1.54) is 0 Å². The van der Waals surface area contributed by atoms with Crippen LogP contribution in [-0.2, 0) is 14.3 Å². The summed E-state index contributed by atoms with van der Waals surface area (Å²) in [4.78, 5) is 21.7. The van der Waals surface area contributed by atoms with Gasteiger partial charge in [0.05, 0.1) is 12.6 Å². The number of hydrogen-bond acceptors (Lipinski definition) is 4. The Balaban J connectivity index is 2.08. The first kappa shape index (κ1) is 12.9. The largest absolute Gasteiger partial charge is 0.480 e. The molecule has 0 aromatic carbocycles. The van der Waals surface area contributed by atoms with Gasteiger partial charge in [-0.15, -0.1) is 0 Å². The molecule has 0 aromatic heterocycles. The SMILES string of the molecule is CC1CCNC1C(=O)NCCOCC(=O)O. The van der Waals surface area contributed by atoms with Crippen LogP contribution in [0.1, 0.15) is 13.3 Å². The molecule has 3 N–H and O–H groups in total. The van der Waals surface area contributed by atoms with Crippen LogP contribution in [-0.4, -0.2) is 49.3 Å². The van der Waals surface area contributed by atoms with Gasteiger partial charge in [-0.1, -0.05) is 6.92 Å². The molecule has 1 rings (SSSR count). The minimum absolute atomic E-state index is 0.0380. The fourth-order valence-corrected chi connectivity index (χ4v) is 1.70. The first-order valence-corrected chi connectivity index (χ1v) is 5.42. The summed E-state index contributed by atoms with van der Waals surface area (Å²) in [7, 11) is 0. The van der Waals surface area contributed by atoms with Crippen molar-refractivity contribution in [2.45, 2.75) is 19.4 Å². The topological polar surface area (TPSA) is 87.7 Å². The molecule has 92 valence electrons. The van der Waals surface area contributed by atoms with Crippen LogP contribution in [0.2, 0.25) is 0 Å². The minimum atomic E-state index is -1.00. The number of ether oxygens (including phenoxy) is 1. The van der Waals surface area contributed by atoms with Crippen LogP contribution in [0, 0.1) is 5.92 Å². The van der Waals surface area contributed by atoms with E-state index in [9.17, 15) is 9.59 Å². The van der Waals surface area contributed by atoms with Gasteiger partial charge in [-0.05, 0) is 18.9 Å². The van der Waals surface area contributed by atoms with E-state index < -0.39 is 5.97 Å². The molecule has 1 heterocycles. The van der Waals surface area contributed by atoms with Gasteiger partial charge in [0.25, 0.3) is 0 Å². The quantitative estimate of drug-likeness (QED) is 0.520. The first-order chi connectivity index (χ1) is 7.61. The lowest BCUT2D eigenvalue weighted by Crippen LogP contribution is -2.44. The number of carboxylic acid groups (broad SMARTS) is 1. The summed E-state index contributed by atoms with van der Waals surface area (Å²) in [6.07, 6.45) is 1.01. The molecule has 16 heavy (non-hydrogen) atoms. The zero-order valence-electron chi connectivity index (χ0n) is 9.36. The highest BCUT2D eigenvalue weighted by molar-refractivity contribution is 5.82. The standard InChI is InChI=1S/C10H18N2O4/c1-7-2-3-11-9(7)10(15)12-4-5-16-6-8(13)14/h7,9,11H,2-6H2,1H3,(H,12,15)(H,13,14). The summed E-state index contributed by atoms with van der Waals surface area (Å²) in [5.41, 5.74) is 0. The number of nitrogens with one attached hydrogen (secondary N) is 2. The summed E-state index contributed by atoms with van der Waals surface area (Å²) in [6, 6.07) is -0.125. The van der Waals surface area contributed by atoms with Crippen LogP contribution >= 0.6 is 0 Å². The molecule has 0 aliphatic carbocycles. The molecule has 0 saturated carbocycles. The van der Waals surface area contributed by atoms with Crippen LogP contribution in [0.5, 0.6) is 0 Å². The van der Waals surface area contributed by atoms with E-state index in [1.54, 1.807) is 0 Å². The Kier molecular flexibility index (Phi) is 5.21. The van der Waals surface area contributed by atoms with Gasteiger partial charge in [0.2, 0.25) is 5.91 Å². The van der Waals surface area contributed by atoms with Crippen LogP contribution < -0.4 is 10.6 Å². The molecule has 1 aliphatic heterocycles. The predicted octanol–water partition coefficient (Wildman–Crippen LogP) is -0.798. The molecule has 2 unspecified atom stereocenters. The van der Waals surface area contributed by atoms with E-state index in [0.29, 0.717) is 12.5 Å². The molecule has 0 radical (unpaired) electrons. The van der Waals surface area contributed by atoms with Crippen molar-refractivity contribution in [1.29, 1.82) is 0 Å². The second-order valence-corrected chi connectivity index (χ2v) is 3.94. The van der Waals surface area contributed by atoms with Gasteiger partial charge in [-0.3, -0.25) is 4.79 Å². The third-order valence-corrected chi connectivity index (χ3v) is 2.59. The van der Waals surface area contributed by atoms with E-state index in [1.807, 2.05) is 6.92 Å². The number of carbonyl (C=O) groups is 2. The molecular weight excluding hydrogens is 212 g/mol. The van der Waals surface area contributed by atoms with Gasteiger partial charge in [0.1, 0.15) is 6.61 Å². The van der Waals surface area contributed by atoms with Crippen LogP contribution in [0.25, 0.3) is 0 Å². The van der Waals surface area contributed by atoms with Crippen LogP contribution in [0.3, 0.4) is 0 Å². The summed E-state index contributed by atoms with van der Waals surface area (Å²) in [5, 5.41) is 14.1. The Morgan fingerprint density at radius 1 is 1.56 bits per heavy atom. The molecule has 0 spiro atoms. The molecule has 2 atom stereocenters. The average Bonchev–Trinajstić information content (AvgIpc) is 2.63. The maximum absolute atomic E-state index is 11.6. The lowest BCUT2D eigenvalue weighted by Gasteiger charge is -2.15. The fraction of sp³-hybridized carbons (Fsp3) is 0.800. The number of rotatable bonds is 6. The summed E-state index contributed by atoms with van der Waals surface area (Å²) >= 11 is 0. The molecule has 1 amide bonds. The van der Waals surface area contributed by atoms with E-state index >= 15 is 0 Å². The molecule has 1 fully saturated rings. The highest BCUT2D eigenvalue weighted by Crippen LogP contribution is 2.13. The molecule has 6 nitrogen and oxygen atoms in total. The van der Waals surface area contributed by atoms with Gasteiger partial charge < -0.3 is 20.5 Å². The number of carboxylic acids is 1. The second kappa shape index (κ2) is 6.44. The maximum atomic E-state index is 11.6. The number of hydrogen-bond donors (Lipinski definition) is 3. The highest BCUT2D eigenvalue weighted by Gasteiger charge is 2.28. The van der Waals surface area contributed by atoms with Gasteiger partial charge in [-0.25, -0.2) is 4.79 Å².